The van der Waals surface area contributed by atoms with Crippen molar-refractivity contribution in [1.82, 2.24) is 5.01 Å². The first-order valence-corrected chi connectivity index (χ1v) is 4.38. The summed E-state index contributed by atoms with van der Waals surface area (Å²) in [6.45, 7) is 4.03. The van der Waals surface area contributed by atoms with E-state index >= 15 is 0 Å². The molecule has 2 rings (SSSR count). The van der Waals surface area contributed by atoms with Crippen LogP contribution in [0.15, 0.2) is 0 Å². The number of hydrazine groups is 1. The van der Waals surface area contributed by atoms with Crippen LogP contribution < -0.4 is 5.84 Å². The van der Waals surface area contributed by atoms with Crippen molar-refractivity contribution in [1.29, 1.82) is 0 Å². The zero-order valence-corrected chi connectivity index (χ0v) is 6.88. The average Bonchev–Trinajstić information content (AvgIpc) is 2.34. The molecule has 0 bridgehead atoms. The van der Waals surface area contributed by atoms with Crippen LogP contribution in [0.4, 0.5) is 0 Å². The minimum absolute atomic E-state index is 0.521. The SMILES string of the molecule is NN1CCC2(CCOCC2)C1. The van der Waals surface area contributed by atoms with Gasteiger partial charge in [0.05, 0.1) is 0 Å². The van der Waals surface area contributed by atoms with Gasteiger partial charge in [-0.3, -0.25) is 5.84 Å². The Bertz CT molecular complexity index is 138. The van der Waals surface area contributed by atoms with Crippen molar-refractivity contribution in [2.24, 2.45) is 11.3 Å². The van der Waals surface area contributed by atoms with Gasteiger partial charge in [-0.05, 0) is 24.7 Å². The first-order chi connectivity index (χ1) is 5.31. The number of nitrogens with zero attached hydrogens (tertiary/aromatic N) is 1. The lowest BCUT2D eigenvalue weighted by Gasteiger charge is -2.32. The second-order valence-corrected chi connectivity index (χ2v) is 3.83. The minimum Gasteiger partial charge on any atom is -0.381 e. The van der Waals surface area contributed by atoms with E-state index in [1.807, 2.05) is 5.01 Å². The summed E-state index contributed by atoms with van der Waals surface area (Å²) < 4.78 is 5.33. The highest BCUT2D eigenvalue weighted by molar-refractivity contribution is 4.89. The molecule has 0 aliphatic carbocycles. The molecule has 2 aliphatic rings. The third kappa shape index (κ3) is 1.41. The lowest BCUT2D eigenvalue weighted by atomic mass is 9.80. The van der Waals surface area contributed by atoms with Crippen molar-refractivity contribution >= 4 is 0 Å². The summed E-state index contributed by atoms with van der Waals surface area (Å²) in [5, 5.41) is 1.95. The van der Waals surface area contributed by atoms with E-state index < -0.39 is 0 Å². The highest BCUT2D eigenvalue weighted by Gasteiger charge is 2.38. The predicted octanol–water partition coefficient (Wildman–Crippen LogP) is 0.363. The number of hydrogen-bond donors (Lipinski definition) is 1. The van der Waals surface area contributed by atoms with Crippen molar-refractivity contribution < 1.29 is 4.74 Å². The van der Waals surface area contributed by atoms with Crippen LogP contribution in [-0.4, -0.2) is 31.3 Å². The Morgan fingerprint density at radius 3 is 2.45 bits per heavy atom. The second-order valence-electron chi connectivity index (χ2n) is 3.83. The third-order valence-electron chi connectivity index (χ3n) is 3.02. The molecule has 2 fully saturated rings. The molecule has 2 aliphatic heterocycles. The molecule has 0 aromatic rings. The third-order valence-corrected chi connectivity index (χ3v) is 3.02. The topological polar surface area (TPSA) is 38.5 Å². The lowest BCUT2D eigenvalue weighted by Crippen LogP contribution is -2.35. The molecule has 2 N–H and O–H groups in total. The summed E-state index contributed by atoms with van der Waals surface area (Å²) >= 11 is 0. The molecule has 64 valence electrons. The summed E-state index contributed by atoms with van der Waals surface area (Å²) in [5.41, 5.74) is 0.521. The van der Waals surface area contributed by atoms with Gasteiger partial charge in [0.1, 0.15) is 0 Å². The molecule has 0 amide bonds. The van der Waals surface area contributed by atoms with Gasteiger partial charge in [-0.25, -0.2) is 5.01 Å². The second kappa shape index (κ2) is 2.73. The first-order valence-electron chi connectivity index (χ1n) is 4.38. The van der Waals surface area contributed by atoms with Crippen LogP contribution in [0.5, 0.6) is 0 Å². The van der Waals surface area contributed by atoms with E-state index in [9.17, 15) is 0 Å². The van der Waals surface area contributed by atoms with Gasteiger partial charge >= 0.3 is 0 Å². The predicted molar refractivity (Wildman–Crippen MR) is 42.9 cm³/mol. The number of nitrogens with two attached hydrogens (primary N) is 1. The summed E-state index contributed by atoms with van der Waals surface area (Å²) in [6, 6.07) is 0. The number of rotatable bonds is 0. The van der Waals surface area contributed by atoms with Gasteiger partial charge in [0.2, 0.25) is 0 Å². The van der Waals surface area contributed by atoms with E-state index in [-0.39, 0.29) is 0 Å². The van der Waals surface area contributed by atoms with Crippen molar-refractivity contribution in [3.63, 3.8) is 0 Å². The fraction of sp³-hybridized carbons (Fsp3) is 1.00. The molecule has 2 heterocycles. The van der Waals surface area contributed by atoms with Gasteiger partial charge in [-0.1, -0.05) is 0 Å². The zero-order chi connectivity index (χ0) is 7.73. The van der Waals surface area contributed by atoms with Gasteiger partial charge in [0.25, 0.3) is 0 Å². The molecule has 2 saturated heterocycles. The molecule has 0 unspecified atom stereocenters. The number of hydrogen-bond acceptors (Lipinski definition) is 3. The summed E-state index contributed by atoms with van der Waals surface area (Å²) in [6.07, 6.45) is 3.69. The molecule has 0 aromatic heterocycles. The maximum Gasteiger partial charge on any atom is 0.0471 e. The van der Waals surface area contributed by atoms with E-state index in [0.717, 1.165) is 26.3 Å². The molecule has 11 heavy (non-hydrogen) atoms. The van der Waals surface area contributed by atoms with Crippen molar-refractivity contribution in [2.45, 2.75) is 19.3 Å². The maximum absolute atomic E-state index is 5.73. The van der Waals surface area contributed by atoms with Crippen LogP contribution in [0, 0.1) is 5.41 Å². The van der Waals surface area contributed by atoms with Gasteiger partial charge in [-0.15, -0.1) is 0 Å². The normalized spacial score (nSPS) is 31.4. The molecule has 0 aromatic carbocycles. The van der Waals surface area contributed by atoms with Gasteiger partial charge in [0.15, 0.2) is 0 Å². The van der Waals surface area contributed by atoms with Gasteiger partial charge in [0, 0.05) is 26.3 Å². The van der Waals surface area contributed by atoms with E-state index in [1.54, 1.807) is 0 Å². The van der Waals surface area contributed by atoms with Gasteiger partial charge in [-0.2, -0.15) is 0 Å². The quantitative estimate of drug-likeness (QED) is 0.515. The van der Waals surface area contributed by atoms with E-state index in [1.165, 1.54) is 19.3 Å². The highest BCUT2D eigenvalue weighted by Crippen LogP contribution is 2.38. The molecule has 0 saturated carbocycles. The maximum atomic E-state index is 5.73. The van der Waals surface area contributed by atoms with E-state index in [4.69, 9.17) is 10.6 Å². The molecule has 1 spiro atoms. The first kappa shape index (κ1) is 7.53. The Balaban J connectivity index is 1.98. The van der Waals surface area contributed by atoms with Crippen LogP contribution >= 0.6 is 0 Å². The average molecular weight is 156 g/mol. The van der Waals surface area contributed by atoms with E-state index in [0.29, 0.717) is 5.41 Å². The van der Waals surface area contributed by atoms with Crippen LogP contribution in [0.3, 0.4) is 0 Å². The largest absolute Gasteiger partial charge is 0.381 e. The molecular weight excluding hydrogens is 140 g/mol. The molecular formula is C8H16N2O. The molecule has 0 radical (unpaired) electrons. The van der Waals surface area contributed by atoms with E-state index in [2.05, 4.69) is 0 Å². The highest BCUT2D eigenvalue weighted by atomic mass is 16.5. The van der Waals surface area contributed by atoms with Crippen molar-refractivity contribution in [3.05, 3.63) is 0 Å². The Morgan fingerprint density at radius 1 is 1.18 bits per heavy atom. The minimum atomic E-state index is 0.521. The fourth-order valence-corrected chi connectivity index (χ4v) is 2.18. The molecule has 0 atom stereocenters. The van der Waals surface area contributed by atoms with Crippen LogP contribution in [-0.2, 0) is 4.74 Å². The smallest absolute Gasteiger partial charge is 0.0471 e. The Kier molecular flexibility index (Phi) is 1.87. The zero-order valence-electron chi connectivity index (χ0n) is 6.88. The Morgan fingerprint density at radius 2 is 1.91 bits per heavy atom. The lowest BCUT2D eigenvalue weighted by molar-refractivity contribution is 0.0194. The van der Waals surface area contributed by atoms with Crippen LogP contribution in [0.2, 0.25) is 0 Å². The van der Waals surface area contributed by atoms with Crippen LogP contribution in [0.25, 0.3) is 0 Å². The van der Waals surface area contributed by atoms with Crippen LogP contribution in [0.1, 0.15) is 19.3 Å². The Labute approximate surface area is 67.5 Å². The summed E-state index contributed by atoms with van der Waals surface area (Å²) in [5.74, 6) is 5.73. The monoisotopic (exact) mass is 156 g/mol. The standard InChI is InChI=1S/C8H16N2O/c9-10-4-1-8(7-10)2-5-11-6-3-8/h1-7,9H2. The summed E-state index contributed by atoms with van der Waals surface area (Å²) in [7, 11) is 0. The fourth-order valence-electron chi connectivity index (χ4n) is 2.18. The number of ether oxygens (including phenoxy) is 1. The van der Waals surface area contributed by atoms with Gasteiger partial charge < -0.3 is 4.74 Å². The molecule has 3 heteroatoms. The van der Waals surface area contributed by atoms with Crippen molar-refractivity contribution in [2.75, 3.05) is 26.3 Å². The van der Waals surface area contributed by atoms with Crippen molar-refractivity contribution in [3.8, 4) is 0 Å². The molecule has 3 nitrogen and oxygen atoms in total. The summed E-state index contributed by atoms with van der Waals surface area (Å²) in [4.78, 5) is 0. The Hall–Kier alpha value is -0.120.